The predicted octanol–water partition coefficient (Wildman–Crippen LogP) is 1.34. The van der Waals surface area contributed by atoms with Crippen LogP contribution in [-0.4, -0.2) is 44.4 Å². The second kappa shape index (κ2) is 5.91. The van der Waals surface area contributed by atoms with E-state index >= 15 is 0 Å². The summed E-state index contributed by atoms with van der Waals surface area (Å²) in [6, 6.07) is 2.86. The van der Waals surface area contributed by atoms with Crippen molar-refractivity contribution in [1.82, 2.24) is 14.5 Å². The summed E-state index contributed by atoms with van der Waals surface area (Å²) in [6.07, 6.45) is 1.59. The number of carboxylic acid groups (broad SMARTS) is 1. The van der Waals surface area contributed by atoms with Gasteiger partial charge in [-0.1, -0.05) is 11.8 Å². The Morgan fingerprint density at radius 2 is 2.30 bits per heavy atom. The highest BCUT2D eigenvalue weighted by Gasteiger charge is 2.23. The van der Waals surface area contributed by atoms with Crippen LogP contribution in [0, 0.1) is 0 Å². The van der Waals surface area contributed by atoms with Crippen LogP contribution >= 0.6 is 11.8 Å². The van der Waals surface area contributed by atoms with Crippen LogP contribution < -0.4 is 0 Å². The summed E-state index contributed by atoms with van der Waals surface area (Å²) in [5.41, 5.74) is 1.13. The Morgan fingerprint density at radius 1 is 1.55 bits per heavy atom. The van der Waals surface area contributed by atoms with Gasteiger partial charge in [0.25, 0.3) is 0 Å². The number of carbonyl (C=O) groups excluding carboxylic acids is 1. The molecule has 2 aromatic heterocycles. The molecule has 20 heavy (non-hydrogen) atoms. The topological polar surface area (TPSA) is 94.3 Å². The lowest BCUT2D eigenvalue weighted by molar-refractivity contribution is -0.144. The van der Waals surface area contributed by atoms with E-state index < -0.39 is 18.0 Å². The number of hydrogen-bond acceptors (Lipinski definition) is 6. The summed E-state index contributed by atoms with van der Waals surface area (Å²) < 4.78 is 6.32. The Bertz CT molecular complexity index is 655. The molecule has 106 valence electrons. The number of fused-ring (bicyclic) bond motifs is 1. The first-order valence-electron chi connectivity index (χ1n) is 5.80. The smallest absolute Gasteiger partial charge is 0.328 e. The van der Waals surface area contributed by atoms with Crippen molar-refractivity contribution in [3.05, 3.63) is 18.3 Å². The number of aliphatic carboxylic acids is 1. The van der Waals surface area contributed by atoms with E-state index in [2.05, 4.69) is 9.97 Å². The minimum atomic E-state index is -0.952. The van der Waals surface area contributed by atoms with Gasteiger partial charge >= 0.3 is 11.9 Å². The van der Waals surface area contributed by atoms with Crippen molar-refractivity contribution in [3.63, 3.8) is 0 Å². The summed E-state index contributed by atoms with van der Waals surface area (Å²) in [5.74, 6) is -1.53. The van der Waals surface area contributed by atoms with Crippen LogP contribution in [0.2, 0.25) is 0 Å². The summed E-state index contributed by atoms with van der Waals surface area (Å²) in [6.45, 7) is 1.66. The average Bonchev–Trinajstić information content (AvgIpc) is 2.81. The van der Waals surface area contributed by atoms with Crippen molar-refractivity contribution in [3.8, 4) is 0 Å². The number of methoxy groups -OCH3 is 1. The van der Waals surface area contributed by atoms with E-state index in [4.69, 9.17) is 9.84 Å². The van der Waals surface area contributed by atoms with Crippen LogP contribution in [0.15, 0.2) is 23.5 Å². The van der Waals surface area contributed by atoms with Crippen molar-refractivity contribution in [2.45, 2.75) is 18.1 Å². The molecule has 8 heteroatoms. The predicted molar refractivity (Wildman–Crippen MR) is 72.6 cm³/mol. The summed E-state index contributed by atoms with van der Waals surface area (Å²) in [4.78, 5) is 30.9. The van der Waals surface area contributed by atoms with E-state index in [0.717, 1.165) is 11.8 Å². The minimum Gasteiger partial charge on any atom is -0.481 e. The fourth-order valence-electron chi connectivity index (χ4n) is 1.76. The van der Waals surface area contributed by atoms with Crippen LogP contribution in [0.4, 0.5) is 0 Å². The zero-order valence-corrected chi connectivity index (χ0v) is 11.8. The molecule has 0 bridgehead atoms. The normalized spacial score (nSPS) is 12.3. The van der Waals surface area contributed by atoms with Crippen LogP contribution in [0.3, 0.4) is 0 Å². The summed E-state index contributed by atoms with van der Waals surface area (Å²) in [7, 11) is 1.30. The van der Waals surface area contributed by atoms with E-state index in [-0.39, 0.29) is 5.75 Å². The molecule has 1 N–H and O–H groups in total. The highest BCUT2D eigenvalue weighted by atomic mass is 32.2. The number of thioether (sulfide) groups is 1. The van der Waals surface area contributed by atoms with Gasteiger partial charge in [0.15, 0.2) is 10.8 Å². The molecule has 0 amide bonds. The van der Waals surface area contributed by atoms with Gasteiger partial charge in [-0.3, -0.25) is 9.36 Å². The maximum absolute atomic E-state index is 11.7. The molecule has 0 fully saturated rings. The number of pyridine rings is 1. The number of aromatic nitrogens is 3. The van der Waals surface area contributed by atoms with Gasteiger partial charge in [-0.25, -0.2) is 14.8 Å². The largest absolute Gasteiger partial charge is 0.481 e. The molecule has 0 saturated heterocycles. The van der Waals surface area contributed by atoms with Gasteiger partial charge in [0.1, 0.15) is 11.6 Å². The molecular formula is C12H13N3O4S. The van der Waals surface area contributed by atoms with E-state index in [1.165, 1.54) is 7.11 Å². The lowest BCUT2D eigenvalue weighted by Gasteiger charge is -2.13. The molecule has 0 aromatic carbocycles. The minimum absolute atomic E-state index is 0.142. The molecule has 0 radical (unpaired) electrons. The number of carbonyl (C=O) groups is 2. The number of rotatable bonds is 5. The Morgan fingerprint density at radius 3 is 2.95 bits per heavy atom. The zero-order valence-electron chi connectivity index (χ0n) is 10.9. The van der Waals surface area contributed by atoms with Gasteiger partial charge in [0.2, 0.25) is 0 Å². The van der Waals surface area contributed by atoms with E-state index in [1.807, 2.05) is 0 Å². The van der Waals surface area contributed by atoms with Gasteiger partial charge in [0, 0.05) is 6.20 Å². The average molecular weight is 295 g/mol. The molecule has 2 heterocycles. The van der Waals surface area contributed by atoms with E-state index in [1.54, 1.807) is 29.8 Å². The van der Waals surface area contributed by atoms with Crippen LogP contribution in [0.25, 0.3) is 11.2 Å². The Kier molecular flexibility index (Phi) is 4.23. The van der Waals surface area contributed by atoms with E-state index in [0.29, 0.717) is 16.3 Å². The second-order valence-electron chi connectivity index (χ2n) is 3.99. The molecule has 1 atom stereocenters. The Labute approximate surface area is 119 Å². The van der Waals surface area contributed by atoms with Crippen LogP contribution in [-0.2, 0) is 14.3 Å². The molecular weight excluding hydrogens is 282 g/mol. The fraction of sp³-hybridized carbons (Fsp3) is 0.333. The quantitative estimate of drug-likeness (QED) is 0.657. The molecule has 0 aliphatic carbocycles. The third-order valence-electron chi connectivity index (χ3n) is 2.67. The molecule has 7 nitrogen and oxygen atoms in total. The van der Waals surface area contributed by atoms with E-state index in [9.17, 15) is 9.59 Å². The molecule has 0 aliphatic rings. The summed E-state index contributed by atoms with van der Waals surface area (Å²) >= 11 is 1.04. The third-order valence-corrected chi connectivity index (χ3v) is 3.61. The standard InChI is InChI=1S/C12H13N3O4S/c1-7(11(18)19-2)15-10-8(4-3-5-13-10)14-12(15)20-6-9(16)17/h3-5,7H,6H2,1-2H3,(H,16,17). The van der Waals surface area contributed by atoms with Crippen molar-refractivity contribution in [2.75, 3.05) is 12.9 Å². The third kappa shape index (κ3) is 2.74. The van der Waals surface area contributed by atoms with Crippen molar-refractivity contribution >= 4 is 34.9 Å². The Balaban J connectivity index is 2.49. The number of imidazole rings is 1. The monoisotopic (exact) mass is 295 g/mol. The number of hydrogen-bond donors (Lipinski definition) is 1. The maximum atomic E-state index is 11.7. The van der Waals surface area contributed by atoms with Crippen LogP contribution in [0.1, 0.15) is 13.0 Å². The molecule has 2 aromatic rings. The lowest BCUT2D eigenvalue weighted by atomic mass is 10.3. The maximum Gasteiger partial charge on any atom is 0.328 e. The molecule has 2 rings (SSSR count). The first-order valence-corrected chi connectivity index (χ1v) is 6.78. The Hall–Kier alpha value is -2.09. The number of esters is 1. The first kappa shape index (κ1) is 14.3. The highest BCUT2D eigenvalue weighted by Crippen LogP contribution is 2.27. The van der Waals surface area contributed by atoms with Gasteiger partial charge in [-0.15, -0.1) is 0 Å². The van der Waals surface area contributed by atoms with Crippen molar-refractivity contribution in [1.29, 1.82) is 0 Å². The van der Waals surface area contributed by atoms with Gasteiger partial charge < -0.3 is 9.84 Å². The molecule has 0 saturated carbocycles. The number of nitrogens with zero attached hydrogens (tertiary/aromatic N) is 3. The molecule has 1 unspecified atom stereocenters. The van der Waals surface area contributed by atoms with Crippen molar-refractivity contribution in [2.24, 2.45) is 0 Å². The van der Waals surface area contributed by atoms with Gasteiger partial charge in [-0.05, 0) is 19.1 Å². The lowest BCUT2D eigenvalue weighted by Crippen LogP contribution is -2.19. The first-order chi connectivity index (χ1) is 9.54. The zero-order chi connectivity index (χ0) is 14.7. The van der Waals surface area contributed by atoms with Gasteiger partial charge in [0.05, 0.1) is 12.9 Å². The molecule has 0 aliphatic heterocycles. The molecule has 0 spiro atoms. The fourth-order valence-corrected chi connectivity index (χ4v) is 2.56. The van der Waals surface area contributed by atoms with Crippen molar-refractivity contribution < 1.29 is 19.4 Å². The summed E-state index contributed by atoms with van der Waals surface area (Å²) in [5, 5.41) is 9.20. The number of carboxylic acids is 1. The highest BCUT2D eigenvalue weighted by molar-refractivity contribution is 7.99. The second-order valence-corrected chi connectivity index (χ2v) is 4.93. The van der Waals surface area contributed by atoms with Gasteiger partial charge in [-0.2, -0.15) is 0 Å². The van der Waals surface area contributed by atoms with Crippen LogP contribution in [0.5, 0.6) is 0 Å². The number of ether oxygens (including phenoxy) is 1. The SMILES string of the molecule is COC(=O)C(C)n1c(SCC(=O)O)nc2cccnc21.